The van der Waals surface area contributed by atoms with Crippen LogP contribution in [0.3, 0.4) is 0 Å². The molecule has 0 saturated heterocycles. The number of urea groups is 1. The molecule has 0 spiro atoms. The van der Waals surface area contributed by atoms with Crippen LogP contribution in [0.2, 0.25) is 0 Å². The first-order valence-electron chi connectivity index (χ1n) is 8.52. The summed E-state index contributed by atoms with van der Waals surface area (Å²) >= 11 is 0. The number of anilines is 1. The van der Waals surface area contributed by atoms with Gasteiger partial charge in [0, 0.05) is 18.8 Å². The van der Waals surface area contributed by atoms with Crippen LogP contribution < -0.4 is 16.4 Å². The van der Waals surface area contributed by atoms with E-state index in [9.17, 15) is 18.0 Å². The van der Waals surface area contributed by atoms with E-state index in [1.807, 2.05) is 0 Å². The minimum atomic E-state index is -3.65. The van der Waals surface area contributed by atoms with E-state index in [0.717, 1.165) is 0 Å². The average molecular weight is 385 g/mol. The van der Waals surface area contributed by atoms with Crippen LogP contribution in [0.1, 0.15) is 33.3 Å². The topological polar surface area (TPSA) is 122 Å². The van der Waals surface area contributed by atoms with Gasteiger partial charge in [-0.1, -0.05) is 33.8 Å². The standard InChI is InChI=1S/C17H28N4O4S/c1-6-21(7-2)26(24,25)14-10-13(9-8-12(14)5)19-16(22)15(11(3)4)20-17(18)23/h8-11,15H,6-7H2,1-5H3,(H,19,22)(H3,18,20,23)/t15-/m0/s1. The molecular formula is C17H28N4O4S. The van der Waals surface area contributed by atoms with Gasteiger partial charge in [-0.15, -0.1) is 0 Å². The first-order chi connectivity index (χ1) is 12.0. The third-order valence-electron chi connectivity index (χ3n) is 4.03. The van der Waals surface area contributed by atoms with E-state index in [1.165, 1.54) is 10.4 Å². The molecule has 26 heavy (non-hydrogen) atoms. The number of nitrogens with one attached hydrogen (secondary N) is 2. The van der Waals surface area contributed by atoms with Crippen molar-refractivity contribution in [1.29, 1.82) is 0 Å². The predicted octanol–water partition coefficient (Wildman–Crippen LogP) is 1.66. The number of amides is 3. The van der Waals surface area contributed by atoms with Crippen molar-refractivity contribution < 1.29 is 18.0 Å². The van der Waals surface area contributed by atoms with E-state index in [1.54, 1.807) is 46.8 Å². The minimum absolute atomic E-state index is 0.142. The molecule has 0 fully saturated rings. The average Bonchev–Trinajstić information content (AvgIpc) is 2.54. The van der Waals surface area contributed by atoms with E-state index >= 15 is 0 Å². The Balaban J connectivity index is 3.17. The molecule has 8 nitrogen and oxygen atoms in total. The van der Waals surface area contributed by atoms with Gasteiger partial charge in [0.2, 0.25) is 15.9 Å². The molecule has 1 aromatic carbocycles. The summed E-state index contributed by atoms with van der Waals surface area (Å²) in [5.74, 6) is -0.652. The summed E-state index contributed by atoms with van der Waals surface area (Å²) in [5, 5.41) is 5.04. The molecule has 0 aliphatic carbocycles. The maximum atomic E-state index is 12.8. The molecule has 146 valence electrons. The molecule has 0 aliphatic heterocycles. The number of nitrogens with two attached hydrogens (primary N) is 1. The van der Waals surface area contributed by atoms with Crippen LogP contribution in [0.4, 0.5) is 10.5 Å². The van der Waals surface area contributed by atoms with Gasteiger partial charge >= 0.3 is 6.03 Å². The van der Waals surface area contributed by atoms with Crippen LogP contribution in [0.15, 0.2) is 23.1 Å². The molecule has 0 aliphatic rings. The third kappa shape index (κ3) is 5.18. The second kappa shape index (κ2) is 9.00. The highest BCUT2D eigenvalue weighted by molar-refractivity contribution is 7.89. The summed E-state index contributed by atoms with van der Waals surface area (Å²) in [7, 11) is -3.65. The highest BCUT2D eigenvalue weighted by Gasteiger charge is 2.26. The molecular weight excluding hydrogens is 356 g/mol. The molecule has 0 unspecified atom stereocenters. The third-order valence-corrected chi connectivity index (χ3v) is 6.22. The Kier molecular flexibility index (Phi) is 7.58. The van der Waals surface area contributed by atoms with Gasteiger partial charge in [0.25, 0.3) is 0 Å². The lowest BCUT2D eigenvalue weighted by molar-refractivity contribution is -0.118. The SMILES string of the molecule is CCN(CC)S(=O)(=O)c1cc(NC(=O)[C@@H](NC(N)=O)C(C)C)ccc1C. The molecule has 0 bridgehead atoms. The smallest absolute Gasteiger partial charge is 0.312 e. The summed E-state index contributed by atoms with van der Waals surface area (Å²) in [6.07, 6.45) is 0. The normalized spacial score (nSPS) is 12.9. The summed E-state index contributed by atoms with van der Waals surface area (Å²) in [6.45, 7) is 9.49. The monoisotopic (exact) mass is 384 g/mol. The maximum Gasteiger partial charge on any atom is 0.312 e. The van der Waals surface area contributed by atoms with Gasteiger partial charge in [-0.05, 0) is 30.5 Å². The molecule has 0 radical (unpaired) electrons. The fourth-order valence-corrected chi connectivity index (χ4v) is 4.28. The van der Waals surface area contributed by atoms with Crippen molar-refractivity contribution in [3.63, 3.8) is 0 Å². The zero-order valence-corrected chi connectivity index (χ0v) is 16.7. The van der Waals surface area contributed by atoms with E-state index < -0.39 is 28.0 Å². The van der Waals surface area contributed by atoms with Crippen molar-refractivity contribution in [2.75, 3.05) is 18.4 Å². The highest BCUT2D eigenvalue weighted by Crippen LogP contribution is 2.24. The van der Waals surface area contributed by atoms with Crippen molar-refractivity contribution in [1.82, 2.24) is 9.62 Å². The summed E-state index contributed by atoms with van der Waals surface area (Å²) < 4.78 is 26.9. The number of nitrogens with zero attached hydrogens (tertiary/aromatic N) is 1. The van der Waals surface area contributed by atoms with Gasteiger partial charge in [0.1, 0.15) is 6.04 Å². The summed E-state index contributed by atoms with van der Waals surface area (Å²) in [6, 6.07) is 3.07. The molecule has 9 heteroatoms. The van der Waals surface area contributed by atoms with E-state index in [0.29, 0.717) is 24.3 Å². The van der Waals surface area contributed by atoms with E-state index in [2.05, 4.69) is 10.6 Å². The first kappa shape index (κ1) is 21.9. The number of hydrogen-bond acceptors (Lipinski definition) is 4. The number of sulfonamides is 1. The van der Waals surface area contributed by atoms with Gasteiger partial charge in [0.15, 0.2) is 0 Å². The van der Waals surface area contributed by atoms with Crippen LogP contribution in [0.25, 0.3) is 0 Å². The number of carbonyl (C=O) groups is 2. The zero-order chi connectivity index (χ0) is 20.1. The fraction of sp³-hybridized carbons (Fsp3) is 0.529. The lowest BCUT2D eigenvalue weighted by atomic mass is 10.0. The van der Waals surface area contributed by atoms with Crippen molar-refractivity contribution in [2.45, 2.75) is 45.6 Å². The van der Waals surface area contributed by atoms with E-state index in [4.69, 9.17) is 5.73 Å². The van der Waals surface area contributed by atoms with Gasteiger partial charge in [0.05, 0.1) is 4.90 Å². The number of aryl methyl sites for hydroxylation is 1. The second-order valence-corrected chi connectivity index (χ2v) is 8.20. The first-order valence-corrected chi connectivity index (χ1v) is 9.96. The Hall–Kier alpha value is -2.13. The van der Waals surface area contributed by atoms with Gasteiger partial charge in [-0.3, -0.25) is 4.79 Å². The minimum Gasteiger partial charge on any atom is -0.352 e. The summed E-state index contributed by atoms with van der Waals surface area (Å²) in [5.41, 5.74) is 6.04. The lowest BCUT2D eigenvalue weighted by Gasteiger charge is -2.22. The van der Waals surface area contributed by atoms with Crippen LogP contribution in [-0.4, -0.2) is 43.8 Å². The Morgan fingerprint density at radius 3 is 2.23 bits per heavy atom. The number of carbonyl (C=O) groups excluding carboxylic acids is 2. The Morgan fingerprint density at radius 2 is 1.77 bits per heavy atom. The quantitative estimate of drug-likeness (QED) is 0.631. The summed E-state index contributed by atoms with van der Waals surface area (Å²) in [4.78, 5) is 23.7. The van der Waals surface area contributed by atoms with Crippen LogP contribution in [0, 0.1) is 12.8 Å². The predicted molar refractivity (Wildman–Crippen MR) is 101 cm³/mol. The maximum absolute atomic E-state index is 12.8. The zero-order valence-electron chi connectivity index (χ0n) is 15.9. The highest BCUT2D eigenvalue weighted by atomic mass is 32.2. The molecule has 0 heterocycles. The van der Waals surface area contributed by atoms with Crippen molar-refractivity contribution in [3.05, 3.63) is 23.8 Å². The van der Waals surface area contributed by atoms with Crippen molar-refractivity contribution >= 4 is 27.6 Å². The second-order valence-electron chi connectivity index (χ2n) is 6.29. The number of rotatable bonds is 8. The van der Waals surface area contributed by atoms with Gasteiger partial charge in [-0.25, -0.2) is 13.2 Å². The Morgan fingerprint density at radius 1 is 1.19 bits per heavy atom. The van der Waals surface area contributed by atoms with Crippen LogP contribution >= 0.6 is 0 Å². The molecule has 4 N–H and O–H groups in total. The largest absolute Gasteiger partial charge is 0.352 e. The van der Waals surface area contributed by atoms with Crippen LogP contribution in [-0.2, 0) is 14.8 Å². The molecule has 1 aromatic rings. The molecule has 0 saturated carbocycles. The molecule has 3 amide bonds. The van der Waals surface area contributed by atoms with Crippen molar-refractivity contribution in [3.8, 4) is 0 Å². The van der Waals surface area contributed by atoms with E-state index in [-0.39, 0.29) is 10.8 Å². The molecule has 0 aromatic heterocycles. The van der Waals surface area contributed by atoms with Crippen LogP contribution in [0.5, 0.6) is 0 Å². The molecule has 1 rings (SSSR count). The van der Waals surface area contributed by atoms with Crippen molar-refractivity contribution in [2.24, 2.45) is 11.7 Å². The Labute approximate surface area is 155 Å². The number of hydrogen-bond donors (Lipinski definition) is 3. The fourth-order valence-electron chi connectivity index (χ4n) is 2.57. The Bertz CT molecular complexity index is 758. The van der Waals surface area contributed by atoms with Gasteiger partial charge < -0.3 is 16.4 Å². The molecule has 1 atom stereocenters. The number of primary amides is 1. The number of benzene rings is 1. The lowest BCUT2D eigenvalue weighted by Crippen LogP contribution is -2.49. The van der Waals surface area contributed by atoms with Gasteiger partial charge in [-0.2, -0.15) is 4.31 Å².